The maximum Gasteiger partial charge on any atom is 0.285 e. The number of anilines is 1. The van der Waals surface area contributed by atoms with Gasteiger partial charge in [-0.15, -0.1) is 11.3 Å². The zero-order valence-electron chi connectivity index (χ0n) is 10.9. The molecule has 110 valence electrons. The third-order valence-electron chi connectivity index (χ3n) is 3.57. The first-order chi connectivity index (χ1) is 10.0. The van der Waals surface area contributed by atoms with E-state index in [0.29, 0.717) is 4.47 Å². The molecule has 0 saturated heterocycles. The molecule has 1 N–H and O–H groups in total. The predicted molar refractivity (Wildman–Crippen MR) is 92.1 cm³/mol. The molecule has 0 saturated carbocycles. The van der Waals surface area contributed by atoms with Crippen LogP contribution in [0.25, 0.3) is 0 Å². The van der Waals surface area contributed by atoms with Crippen molar-refractivity contribution in [3.63, 3.8) is 0 Å². The lowest BCUT2D eigenvalue weighted by Crippen LogP contribution is -2.15. The van der Waals surface area contributed by atoms with E-state index in [1.54, 1.807) is 23.5 Å². The van der Waals surface area contributed by atoms with Crippen LogP contribution in [0.15, 0.2) is 32.5 Å². The Bertz CT molecular complexity index is 702. The molecule has 7 heteroatoms. The summed E-state index contributed by atoms with van der Waals surface area (Å²) in [5.41, 5.74) is 2.18. The Morgan fingerprint density at radius 1 is 1.33 bits per heavy atom. The second-order valence-electron chi connectivity index (χ2n) is 4.94. The Morgan fingerprint density at radius 2 is 2.14 bits per heavy atom. The van der Waals surface area contributed by atoms with Crippen LogP contribution in [0.3, 0.4) is 0 Å². The van der Waals surface area contributed by atoms with Crippen molar-refractivity contribution in [1.29, 1.82) is 0 Å². The Kier molecular flexibility index (Phi) is 4.33. The van der Waals surface area contributed by atoms with Gasteiger partial charge in [-0.3, -0.25) is 10.1 Å². The Labute approximate surface area is 143 Å². The van der Waals surface area contributed by atoms with E-state index in [2.05, 4.69) is 43.2 Å². The third kappa shape index (κ3) is 3.14. The average molecular weight is 432 g/mol. The number of aryl methyl sites for hydroxylation is 1. The number of rotatable bonds is 3. The van der Waals surface area contributed by atoms with Crippen molar-refractivity contribution in [1.82, 2.24) is 0 Å². The summed E-state index contributed by atoms with van der Waals surface area (Å²) in [5.74, 6) is 0. The van der Waals surface area contributed by atoms with Crippen molar-refractivity contribution in [3.05, 3.63) is 53.1 Å². The summed E-state index contributed by atoms with van der Waals surface area (Å²) < 4.78 is 1.64. The molecular formula is C14H12Br2N2O2S. The van der Waals surface area contributed by atoms with Gasteiger partial charge in [0.05, 0.1) is 19.2 Å². The van der Waals surface area contributed by atoms with Crippen molar-refractivity contribution in [2.45, 2.75) is 25.3 Å². The summed E-state index contributed by atoms with van der Waals surface area (Å²) in [6.07, 6.45) is 3.29. The van der Waals surface area contributed by atoms with Gasteiger partial charge >= 0.3 is 0 Å². The van der Waals surface area contributed by atoms with Crippen LogP contribution >= 0.6 is 43.2 Å². The molecule has 21 heavy (non-hydrogen) atoms. The largest absolute Gasteiger partial charge is 0.378 e. The van der Waals surface area contributed by atoms with Gasteiger partial charge in [-0.05, 0) is 74.9 Å². The van der Waals surface area contributed by atoms with E-state index in [1.807, 2.05) is 6.07 Å². The second kappa shape index (κ2) is 6.06. The van der Waals surface area contributed by atoms with Gasteiger partial charge in [-0.25, -0.2) is 0 Å². The molecule has 1 atom stereocenters. The number of nitro benzene ring substituents is 1. The summed E-state index contributed by atoms with van der Waals surface area (Å²) in [6, 6.07) is 7.54. The number of hydrogen-bond acceptors (Lipinski definition) is 4. The lowest BCUT2D eigenvalue weighted by atomic mass is 9.94. The van der Waals surface area contributed by atoms with Gasteiger partial charge in [0, 0.05) is 16.6 Å². The molecule has 0 aliphatic heterocycles. The second-order valence-corrected chi connectivity index (χ2v) is 8.31. The zero-order chi connectivity index (χ0) is 15.0. The molecule has 2 aromatic rings. The van der Waals surface area contributed by atoms with E-state index < -0.39 is 0 Å². The average Bonchev–Trinajstić information content (AvgIpc) is 2.82. The fourth-order valence-corrected chi connectivity index (χ4v) is 4.83. The highest BCUT2D eigenvalue weighted by molar-refractivity contribution is 9.11. The summed E-state index contributed by atoms with van der Waals surface area (Å²) in [4.78, 5) is 12.0. The van der Waals surface area contributed by atoms with Crippen molar-refractivity contribution >= 4 is 54.6 Å². The van der Waals surface area contributed by atoms with Crippen LogP contribution < -0.4 is 5.32 Å². The van der Waals surface area contributed by atoms with Gasteiger partial charge in [0.15, 0.2) is 0 Å². The minimum atomic E-state index is -0.372. The number of thiophene rings is 1. The SMILES string of the molecule is O=[N+]([O-])c1cc(NC2CCCc3sc(Br)cc32)ccc1Br. The quantitative estimate of drug-likeness (QED) is 0.503. The van der Waals surface area contributed by atoms with Crippen molar-refractivity contribution in [3.8, 4) is 0 Å². The first kappa shape index (κ1) is 15.0. The zero-order valence-corrected chi connectivity index (χ0v) is 14.9. The summed E-state index contributed by atoms with van der Waals surface area (Å²) in [6.45, 7) is 0. The van der Waals surface area contributed by atoms with Gasteiger partial charge in [-0.2, -0.15) is 0 Å². The Balaban J connectivity index is 1.88. The topological polar surface area (TPSA) is 55.2 Å². The van der Waals surface area contributed by atoms with Gasteiger partial charge in [0.25, 0.3) is 5.69 Å². The molecule has 1 aromatic carbocycles. The van der Waals surface area contributed by atoms with E-state index in [9.17, 15) is 10.1 Å². The Morgan fingerprint density at radius 3 is 2.90 bits per heavy atom. The normalized spacial score (nSPS) is 17.3. The third-order valence-corrected chi connectivity index (χ3v) is 5.95. The van der Waals surface area contributed by atoms with Crippen LogP contribution in [-0.4, -0.2) is 4.92 Å². The summed E-state index contributed by atoms with van der Waals surface area (Å²) >= 11 is 8.53. The minimum absolute atomic E-state index is 0.0857. The molecule has 0 amide bonds. The van der Waals surface area contributed by atoms with E-state index in [-0.39, 0.29) is 16.7 Å². The van der Waals surface area contributed by atoms with Crippen molar-refractivity contribution in [2.24, 2.45) is 0 Å². The maximum atomic E-state index is 11.0. The Hall–Kier alpha value is -0.920. The first-order valence-electron chi connectivity index (χ1n) is 6.53. The molecule has 1 aromatic heterocycles. The van der Waals surface area contributed by atoms with Gasteiger partial charge in [0.1, 0.15) is 0 Å². The summed E-state index contributed by atoms with van der Waals surface area (Å²) in [5, 5.41) is 14.4. The van der Waals surface area contributed by atoms with E-state index in [4.69, 9.17) is 0 Å². The fraction of sp³-hybridized carbons (Fsp3) is 0.286. The van der Waals surface area contributed by atoms with Crippen LogP contribution in [0.2, 0.25) is 0 Å². The van der Waals surface area contributed by atoms with E-state index in [1.165, 1.54) is 10.4 Å². The van der Waals surface area contributed by atoms with Gasteiger partial charge < -0.3 is 5.32 Å². The van der Waals surface area contributed by atoms with Crippen LogP contribution in [0.5, 0.6) is 0 Å². The monoisotopic (exact) mass is 430 g/mol. The number of nitrogens with zero attached hydrogens (tertiary/aromatic N) is 1. The molecular weight excluding hydrogens is 420 g/mol. The number of halogens is 2. The number of hydrogen-bond donors (Lipinski definition) is 1. The predicted octanol–water partition coefficient (Wildman–Crippen LogP) is 5.67. The fourth-order valence-electron chi connectivity index (χ4n) is 2.61. The van der Waals surface area contributed by atoms with Gasteiger partial charge in [-0.1, -0.05) is 0 Å². The van der Waals surface area contributed by atoms with Crippen molar-refractivity contribution < 1.29 is 4.92 Å². The van der Waals surface area contributed by atoms with E-state index in [0.717, 1.165) is 28.7 Å². The van der Waals surface area contributed by atoms with Crippen molar-refractivity contribution in [2.75, 3.05) is 5.32 Å². The van der Waals surface area contributed by atoms with Crippen LogP contribution in [0.4, 0.5) is 11.4 Å². The van der Waals surface area contributed by atoms with Crippen LogP contribution in [0, 0.1) is 10.1 Å². The molecule has 0 bridgehead atoms. The van der Waals surface area contributed by atoms with E-state index >= 15 is 0 Å². The molecule has 1 unspecified atom stereocenters. The lowest BCUT2D eigenvalue weighted by Gasteiger charge is -2.24. The molecule has 0 spiro atoms. The maximum absolute atomic E-state index is 11.0. The number of nitrogens with one attached hydrogen (secondary N) is 1. The molecule has 1 aliphatic rings. The molecule has 0 radical (unpaired) electrons. The molecule has 4 nitrogen and oxygen atoms in total. The molecule has 1 aliphatic carbocycles. The lowest BCUT2D eigenvalue weighted by molar-refractivity contribution is -0.385. The van der Waals surface area contributed by atoms with Crippen LogP contribution in [0.1, 0.15) is 29.3 Å². The highest BCUT2D eigenvalue weighted by atomic mass is 79.9. The standard InChI is InChI=1S/C14H12Br2N2O2S/c15-10-5-4-8(6-12(10)18(19)20)17-11-2-1-3-13-9(11)7-14(16)21-13/h4-7,11,17H,1-3H2. The molecule has 3 rings (SSSR count). The van der Waals surface area contributed by atoms with Crippen LogP contribution in [-0.2, 0) is 6.42 Å². The number of benzene rings is 1. The van der Waals surface area contributed by atoms with Gasteiger partial charge in [0.2, 0.25) is 0 Å². The number of fused-ring (bicyclic) bond motifs is 1. The smallest absolute Gasteiger partial charge is 0.285 e. The highest BCUT2D eigenvalue weighted by Crippen LogP contribution is 2.40. The minimum Gasteiger partial charge on any atom is -0.378 e. The summed E-state index contributed by atoms with van der Waals surface area (Å²) in [7, 11) is 0. The first-order valence-corrected chi connectivity index (χ1v) is 8.93. The highest BCUT2D eigenvalue weighted by Gasteiger charge is 2.23. The number of nitro groups is 1. The molecule has 0 fully saturated rings. The molecule has 1 heterocycles.